The highest BCUT2D eigenvalue weighted by Crippen LogP contribution is 2.08. The van der Waals surface area contributed by atoms with Crippen LogP contribution in [-0.2, 0) is 0 Å². The molecule has 0 saturated carbocycles. The topological polar surface area (TPSA) is 24.4 Å². The van der Waals surface area contributed by atoms with E-state index in [0.717, 1.165) is 19.4 Å². The zero-order valence-corrected chi connectivity index (χ0v) is 11.0. The molecule has 1 N–H and O–H groups in total. The molecule has 0 aromatic heterocycles. The summed E-state index contributed by atoms with van der Waals surface area (Å²) in [7, 11) is 1.96. The van der Waals surface area contributed by atoms with Crippen LogP contribution in [0.25, 0.3) is 0 Å². The van der Waals surface area contributed by atoms with Crippen molar-refractivity contribution < 1.29 is 0 Å². The van der Waals surface area contributed by atoms with Crippen molar-refractivity contribution >= 4 is 6.21 Å². The number of nitrogens with one attached hydrogen (secondary N) is 1. The number of rotatable bonds is 7. The summed E-state index contributed by atoms with van der Waals surface area (Å²) in [6.07, 6.45) is 12.3. The quantitative estimate of drug-likeness (QED) is 0.515. The number of nitrogens with zero attached hydrogens (tertiary/aromatic N) is 1. The normalized spacial score (nSPS) is 14.2. The Balaban J connectivity index is 4.50. The Morgan fingerprint density at radius 3 is 2.62 bits per heavy atom. The first-order valence-corrected chi connectivity index (χ1v) is 5.89. The molecule has 0 atom stereocenters. The number of hydrogen-bond acceptors (Lipinski definition) is 2. The van der Waals surface area contributed by atoms with Gasteiger partial charge in [-0.3, -0.25) is 4.99 Å². The number of allylic oxidation sites excluding steroid dienone is 4. The van der Waals surface area contributed by atoms with Gasteiger partial charge in [0, 0.05) is 19.0 Å². The van der Waals surface area contributed by atoms with Gasteiger partial charge >= 0.3 is 0 Å². The SMILES string of the molecule is CC=N\C=C/C(=C/C=C(\C)CNC)CCC. The van der Waals surface area contributed by atoms with E-state index in [1.165, 1.54) is 11.1 Å². The third-order valence-corrected chi connectivity index (χ3v) is 2.10. The smallest absolute Gasteiger partial charge is 0.0266 e. The minimum absolute atomic E-state index is 0.937. The van der Waals surface area contributed by atoms with Crippen molar-refractivity contribution in [3.05, 3.63) is 35.6 Å². The molecule has 0 aromatic carbocycles. The summed E-state index contributed by atoms with van der Waals surface area (Å²) in [4.78, 5) is 4.08. The number of aliphatic imine (C=N–C) groups is 1. The van der Waals surface area contributed by atoms with E-state index < -0.39 is 0 Å². The van der Waals surface area contributed by atoms with Gasteiger partial charge in [-0.25, -0.2) is 0 Å². The van der Waals surface area contributed by atoms with Crippen molar-refractivity contribution in [3.8, 4) is 0 Å². The fraction of sp³-hybridized carbons (Fsp3) is 0.500. The zero-order chi connectivity index (χ0) is 12.2. The first kappa shape index (κ1) is 14.8. The highest BCUT2D eigenvalue weighted by Gasteiger charge is 1.89. The van der Waals surface area contributed by atoms with Gasteiger partial charge in [-0.15, -0.1) is 0 Å². The molecule has 0 bridgehead atoms. The predicted molar refractivity (Wildman–Crippen MR) is 74.0 cm³/mol. The summed E-state index contributed by atoms with van der Waals surface area (Å²) in [5.41, 5.74) is 2.66. The minimum atomic E-state index is 0.937. The Kier molecular flexibility index (Phi) is 9.63. The van der Waals surface area contributed by atoms with Crippen LogP contribution in [0.1, 0.15) is 33.6 Å². The third kappa shape index (κ3) is 8.18. The highest BCUT2D eigenvalue weighted by atomic mass is 14.8. The van der Waals surface area contributed by atoms with Crippen LogP contribution in [-0.4, -0.2) is 19.8 Å². The lowest BCUT2D eigenvalue weighted by Crippen LogP contribution is -2.08. The van der Waals surface area contributed by atoms with Crippen LogP contribution >= 0.6 is 0 Å². The molecule has 0 unspecified atom stereocenters. The van der Waals surface area contributed by atoms with E-state index in [2.05, 4.69) is 42.4 Å². The Labute approximate surface area is 99.9 Å². The maximum atomic E-state index is 4.08. The van der Waals surface area contributed by atoms with Crippen LogP contribution in [0, 0.1) is 0 Å². The van der Waals surface area contributed by atoms with Crippen LogP contribution in [0.5, 0.6) is 0 Å². The first-order chi connectivity index (χ1) is 7.74. The van der Waals surface area contributed by atoms with E-state index in [1.807, 2.05) is 20.2 Å². The van der Waals surface area contributed by atoms with Crippen LogP contribution in [0.4, 0.5) is 0 Å². The third-order valence-electron chi connectivity index (χ3n) is 2.10. The highest BCUT2D eigenvalue weighted by molar-refractivity contribution is 5.54. The van der Waals surface area contributed by atoms with E-state index in [-0.39, 0.29) is 0 Å². The molecular weight excluding hydrogens is 196 g/mol. The lowest BCUT2D eigenvalue weighted by molar-refractivity contribution is 0.879. The lowest BCUT2D eigenvalue weighted by atomic mass is 10.1. The van der Waals surface area contributed by atoms with Gasteiger partial charge in [-0.1, -0.05) is 31.1 Å². The molecule has 90 valence electrons. The molecule has 0 aromatic rings. The summed E-state index contributed by atoms with van der Waals surface area (Å²) in [6.45, 7) is 7.18. The first-order valence-electron chi connectivity index (χ1n) is 5.89. The molecule has 0 aliphatic rings. The maximum absolute atomic E-state index is 4.08. The van der Waals surface area contributed by atoms with Gasteiger partial charge < -0.3 is 5.32 Å². The Morgan fingerprint density at radius 2 is 2.06 bits per heavy atom. The van der Waals surface area contributed by atoms with E-state index >= 15 is 0 Å². The molecular formula is C14H24N2. The lowest BCUT2D eigenvalue weighted by Gasteiger charge is -1.99. The second-order valence-corrected chi connectivity index (χ2v) is 3.76. The van der Waals surface area contributed by atoms with E-state index in [9.17, 15) is 0 Å². The van der Waals surface area contributed by atoms with Crippen molar-refractivity contribution in [2.45, 2.75) is 33.6 Å². The zero-order valence-electron chi connectivity index (χ0n) is 11.0. The van der Waals surface area contributed by atoms with E-state index in [0.29, 0.717) is 0 Å². The molecule has 0 heterocycles. The molecule has 0 amide bonds. The predicted octanol–water partition coefficient (Wildman–Crippen LogP) is 3.48. The molecule has 0 aliphatic heterocycles. The van der Waals surface area contributed by atoms with Crippen molar-refractivity contribution in [2.24, 2.45) is 4.99 Å². The average molecular weight is 220 g/mol. The fourth-order valence-corrected chi connectivity index (χ4v) is 1.32. The summed E-state index contributed by atoms with van der Waals surface area (Å²) in [5.74, 6) is 0. The Morgan fingerprint density at radius 1 is 1.31 bits per heavy atom. The molecule has 0 aliphatic carbocycles. The van der Waals surface area contributed by atoms with Crippen LogP contribution in [0.15, 0.2) is 40.6 Å². The standard InChI is InChI=1S/C14H24N2/c1-5-7-14(10-11-16-6-2)9-8-13(3)12-15-4/h6,8-11,15H,5,7,12H2,1-4H3/b11-10-,13-8+,14-9+,16-6?. The second kappa shape index (κ2) is 10.4. The summed E-state index contributed by atoms with van der Waals surface area (Å²) in [6, 6.07) is 0. The molecule has 0 saturated heterocycles. The number of hydrogen-bond donors (Lipinski definition) is 1. The van der Waals surface area contributed by atoms with E-state index in [1.54, 1.807) is 6.21 Å². The fourth-order valence-electron chi connectivity index (χ4n) is 1.32. The molecule has 0 radical (unpaired) electrons. The van der Waals surface area contributed by atoms with Gasteiger partial charge in [0.25, 0.3) is 0 Å². The summed E-state index contributed by atoms with van der Waals surface area (Å²) in [5, 5.41) is 3.14. The molecule has 2 heteroatoms. The molecule has 2 nitrogen and oxygen atoms in total. The van der Waals surface area contributed by atoms with Gasteiger partial charge in [0.1, 0.15) is 0 Å². The molecule has 0 fully saturated rings. The Bertz CT molecular complexity index is 283. The monoisotopic (exact) mass is 220 g/mol. The Hall–Kier alpha value is -1.15. The van der Waals surface area contributed by atoms with Crippen molar-refractivity contribution in [1.29, 1.82) is 0 Å². The van der Waals surface area contributed by atoms with Crippen molar-refractivity contribution in [2.75, 3.05) is 13.6 Å². The van der Waals surface area contributed by atoms with Gasteiger partial charge in [0.15, 0.2) is 0 Å². The van der Waals surface area contributed by atoms with Crippen molar-refractivity contribution in [1.82, 2.24) is 5.32 Å². The van der Waals surface area contributed by atoms with Gasteiger partial charge in [0.2, 0.25) is 0 Å². The van der Waals surface area contributed by atoms with Crippen molar-refractivity contribution in [3.63, 3.8) is 0 Å². The number of likely N-dealkylation sites (N-methyl/N-ethyl adjacent to an activating group) is 1. The largest absolute Gasteiger partial charge is 0.316 e. The van der Waals surface area contributed by atoms with Gasteiger partial charge in [-0.2, -0.15) is 0 Å². The van der Waals surface area contributed by atoms with E-state index in [4.69, 9.17) is 0 Å². The van der Waals surface area contributed by atoms with Crippen LogP contribution in [0.3, 0.4) is 0 Å². The molecule has 0 spiro atoms. The molecule has 16 heavy (non-hydrogen) atoms. The van der Waals surface area contributed by atoms with Gasteiger partial charge in [-0.05, 0) is 39.0 Å². The summed E-state index contributed by atoms with van der Waals surface area (Å²) < 4.78 is 0. The van der Waals surface area contributed by atoms with Gasteiger partial charge in [0.05, 0.1) is 0 Å². The average Bonchev–Trinajstić information content (AvgIpc) is 2.26. The maximum Gasteiger partial charge on any atom is 0.0266 e. The molecule has 0 rings (SSSR count). The summed E-state index contributed by atoms with van der Waals surface area (Å²) >= 11 is 0. The second-order valence-electron chi connectivity index (χ2n) is 3.76. The van der Waals surface area contributed by atoms with Crippen LogP contribution in [0.2, 0.25) is 0 Å². The van der Waals surface area contributed by atoms with Crippen LogP contribution < -0.4 is 5.32 Å². The minimum Gasteiger partial charge on any atom is -0.316 e.